The van der Waals surface area contributed by atoms with Crippen molar-refractivity contribution in [3.63, 3.8) is 0 Å². The van der Waals surface area contributed by atoms with Crippen LogP contribution in [0.5, 0.6) is 0 Å². The van der Waals surface area contributed by atoms with Gasteiger partial charge in [-0.05, 0) is 0 Å². The van der Waals surface area contributed by atoms with Crippen molar-refractivity contribution in [1.82, 2.24) is 0 Å². The van der Waals surface area contributed by atoms with Crippen LogP contribution in [0.25, 0.3) is 0 Å². The lowest BCUT2D eigenvalue weighted by Crippen LogP contribution is -2.14. The first-order valence-electron chi connectivity index (χ1n) is 4.83. The van der Waals surface area contributed by atoms with Crippen molar-refractivity contribution in [3.8, 4) is 12.1 Å². The summed E-state index contributed by atoms with van der Waals surface area (Å²) in [5.41, 5.74) is 0. The lowest BCUT2D eigenvalue weighted by atomic mass is 10.5. The van der Waals surface area contributed by atoms with Crippen LogP contribution >= 0.6 is 0 Å². The van der Waals surface area contributed by atoms with Gasteiger partial charge < -0.3 is 14.2 Å². The van der Waals surface area contributed by atoms with Gasteiger partial charge in [-0.1, -0.05) is 0 Å². The Bertz CT molecular complexity index is 297. The molecule has 7 nitrogen and oxygen atoms in total. The van der Waals surface area contributed by atoms with Crippen molar-refractivity contribution >= 4 is 11.9 Å². The second kappa shape index (κ2) is 10.4. The average molecular weight is 240 g/mol. The highest BCUT2D eigenvalue weighted by Gasteiger charge is 2.02. The van der Waals surface area contributed by atoms with Crippen LogP contribution in [0.2, 0.25) is 0 Å². The Morgan fingerprint density at radius 3 is 1.59 bits per heavy atom. The van der Waals surface area contributed by atoms with Gasteiger partial charge in [-0.15, -0.1) is 0 Å². The number of carbonyl (C=O) groups is 2. The third-order valence-electron chi connectivity index (χ3n) is 1.43. The molecular formula is C10H12N2O5. The van der Waals surface area contributed by atoms with Gasteiger partial charge in [-0.3, -0.25) is 9.59 Å². The molecular weight excluding hydrogens is 228 g/mol. The van der Waals surface area contributed by atoms with E-state index in [-0.39, 0.29) is 39.3 Å². The van der Waals surface area contributed by atoms with Crippen LogP contribution in [0.4, 0.5) is 0 Å². The van der Waals surface area contributed by atoms with Crippen LogP contribution in [-0.4, -0.2) is 38.4 Å². The topological polar surface area (TPSA) is 109 Å². The number of carbonyl (C=O) groups excluding carboxylic acids is 2. The van der Waals surface area contributed by atoms with Gasteiger partial charge in [-0.25, -0.2) is 0 Å². The molecule has 0 atom stereocenters. The summed E-state index contributed by atoms with van der Waals surface area (Å²) in [6, 6.07) is 3.31. The molecule has 0 saturated carbocycles. The van der Waals surface area contributed by atoms with Crippen molar-refractivity contribution in [2.45, 2.75) is 12.8 Å². The number of nitrogens with zero attached hydrogens (tertiary/aromatic N) is 2. The van der Waals surface area contributed by atoms with E-state index in [1.165, 1.54) is 0 Å². The molecule has 0 bridgehead atoms. The first-order chi connectivity index (χ1) is 8.20. The molecule has 7 heteroatoms. The molecule has 0 spiro atoms. The fraction of sp³-hybridized carbons (Fsp3) is 0.600. The quantitative estimate of drug-likeness (QED) is 0.431. The van der Waals surface area contributed by atoms with Crippen molar-refractivity contribution in [2.75, 3.05) is 26.4 Å². The van der Waals surface area contributed by atoms with Crippen molar-refractivity contribution in [3.05, 3.63) is 0 Å². The SMILES string of the molecule is N#CCC(=O)OCCOCCOC(=O)CC#N. The van der Waals surface area contributed by atoms with Crippen LogP contribution < -0.4 is 0 Å². The highest BCUT2D eigenvalue weighted by Crippen LogP contribution is 1.87. The van der Waals surface area contributed by atoms with Gasteiger partial charge >= 0.3 is 11.9 Å². The van der Waals surface area contributed by atoms with Crippen molar-refractivity contribution < 1.29 is 23.8 Å². The smallest absolute Gasteiger partial charge is 0.320 e. The predicted octanol–water partition coefficient (Wildman–Crippen LogP) is -0.0832. The normalized spacial score (nSPS) is 8.82. The molecule has 0 unspecified atom stereocenters. The van der Waals surface area contributed by atoms with Crippen molar-refractivity contribution in [1.29, 1.82) is 10.5 Å². The summed E-state index contributed by atoms with van der Waals surface area (Å²) >= 11 is 0. The Kier molecular flexibility index (Phi) is 9.10. The molecule has 0 aliphatic heterocycles. The molecule has 0 radical (unpaired) electrons. The average Bonchev–Trinajstić information content (AvgIpc) is 2.28. The molecule has 0 aromatic heterocycles. The van der Waals surface area contributed by atoms with E-state index in [2.05, 4.69) is 9.47 Å². The van der Waals surface area contributed by atoms with E-state index in [1.807, 2.05) is 0 Å². The zero-order valence-electron chi connectivity index (χ0n) is 9.18. The monoisotopic (exact) mass is 240 g/mol. The molecule has 0 fully saturated rings. The van der Waals surface area contributed by atoms with E-state index in [0.29, 0.717) is 0 Å². The number of esters is 2. The van der Waals surface area contributed by atoms with E-state index in [0.717, 1.165) is 0 Å². The van der Waals surface area contributed by atoms with Crippen LogP contribution in [-0.2, 0) is 23.8 Å². The molecule has 0 heterocycles. The molecule has 0 saturated heterocycles. The number of ether oxygens (including phenoxy) is 3. The predicted molar refractivity (Wildman–Crippen MR) is 53.2 cm³/mol. The van der Waals surface area contributed by atoms with Crippen LogP contribution in [0, 0.1) is 22.7 Å². The maximum Gasteiger partial charge on any atom is 0.320 e. The molecule has 0 aliphatic rings. The first-order valence-corrected chi connectivity index (χ1v) is 4.83. The van der Waals surface area contributed by atoms with Crippen molar-refractivity contribution in [2.24, 2.45) is 0 Å². The minimum absolute atomic E-state index is 0.0483. The van der Waals surface area contributed by atoms with Gasteiger partial charge in [0.05, 0.1) is 25.4 Å². The fourth-order valence-electron chi connectivity index (χ4n) is 0.762. The molecule has 0 N–H and O–H groups in total. The zero-order chi connectivity index (χ0) is 12.9. The van der Waals surface area contributed by atoms with Crippen LogP contribution in [0.1, 0.15) is 12.8 Å². The summed E-state index contributed by atoms with van der Waals surface area (Å²) in [5.74, 6) is -1.20. The van der Waals surface area contributed by atoms with Gasteiger partial charge in [0.15, 0.2) is 0 Å². The highest BCUT2D eigenvalue weighted by atomic mass is 16.6. The summed E-state index contributed by atoms with van der Waals surface area (Å²) in [6.45, 7) is 0.416. The van der Waals surface area contributed by atoms with Crippen LogP contribution in [0.3, 0.4) is 0 Å². The third kappa shape index (κ3) is 10.2. The van der Waals surface area contributed by atoms with E-state index >= 15 is 0 Å². The first kappa shape index (κ1) is 14.9. The van der Waals surface area contributed by atoms with Gasteiger partial charge in [0, 0.05) is 0 Å². The molecule has 0 aromatic rings. The summed E-state index contributed by atoms with van der Waals surface area (Å²) in [7, 11) is 0. The lowest BCUT2D eigenvalue weighted by Gasteiger charge is -2.05. The van der Waals surface area contributed by atoms with E-state index < -0.39 is 11.9 Å². The minimum atomic E-state index is -0.600. The number of rotatable bonds is 8. The fourth-order valence-corrected chi connectivity index (χ4v) is 0.762. The standard InChI is InChI=1S/C10H12N2O5/c11-3-1-9(13)16-7-5-15-6-8-17-10(14)2-4-12/h1-2,5-8H2. The minimum Gasteiger partial charge on any atom is -0.462 e. The lowest BCUT2D eigenvalue weighted by molar-refractivity contribution is -0.145. The maximum absolute atomic E-state index is 10.7. The summed E-state index contributed by atoms with van der Waals surface area (Å²) < 4.78 is 14.2. The zero-order valence-corrected chi connectivity index (χ0v) is 9.18. The van der Waals surface area contributed by atoms with Gasteiger partial charge in [0.25, 0.3) is 0 Å². The van der Waals surface area contributed by atoms with Gasteiger partial charge in [0.2, 0.25) is 0 Å². The number of nitriles is 2. The number of hydrogen-bond acceptors (Lipinski definition) is 7. The van der Waals surface area contributed by atoms with E-state index in [9.17, 15) is 9.59 Å². The Labute approximate surface area is 98.5 Å². The van der Waals surface area contributed by atoms with Crippen LogP contribution in [0.15, 0.2) is 0 Å². The largest absolute Gasteiger partial charge is 0.462 e. The maximum atomic E-state index is 10.7. The Morgan fingerprint density at radius 2 is 1.24 bits per heavy atom. The van der Waals surface area contributed by atoms with Gasteiger partial charge in [0.1, 0.15) is 26.1 Å². The van der Waals surface area contributed by atoms with Gasteiger partial charge in [-0.2, -0.15) is 10.5 Å². The molecule has 0 rings (SSSR count). The molecule has 17 heavy (non-hydrogen) atoms. The molecule has 0 amide bonds. The summed E-state index contributed by atoms with van der Waals surface area (Å²) in [6.07, 6.45) is -0.572. The molecule has 0 aliphatic carbocycles. The Hall–Kier alpha value is -2.12. The Balaban J connectivity index is 3.25. The van der Waals surface area contributed by atoms with E-state index in [1.54, 1.807) is 12.1 Å². The number of hydrogen-bond donors (Lipinski definition) is 0. The second-order valence-electron chi connectivity index (χ2n) is 2.72. The summed E-state index contributed by atoms with van der Waals surface area (Å²) in [4.78, 5) is 21.4. The molecule has 0 aromatic carbocycles. The summed E-state index contributed by atoms with van der Waals surface area (Å²) in [5, 5.41) is 16.3. The highest BCUT2D eigenvalue weighted by molar-refractivity contribution is 5.72. The molecule has 92 valence electrons. The second-order valence-corrected chi connectivity index (χ2v) is 2.72. The Morgan fingerprint density at radius 1 is 0.824 bits per heavy atom. The van der Waals surface area contributed by atoms with E-state index in [4.69, 9.17) is 15.3 Å². The third-order valence-corrected chi connectivity index (χ3v) is 1.43.